The van der Waals surface area contributed by atoms with Crippen molar-refractivity contribution in [1.82, 2.24) is 5.32 Å². The van der Waals surface area contributed by atoms with Crippen molar-refractivity contribution in [1.29, 1.82) is 0 Å². The Hall–Kier alpha value is -1.22. The van der Waals surface area contributed by atoms with Crippen LogP contribution in [0, 0.1) is 0 Å². The first-order chi connectivity index (χ1) is 9.88. The summed E-state index contributed by atoms with van der Waals surface area (Å²) in [6.07, 6.45) is 6.78. The Bertz CT molecular complexity index is 446. The normalized spacial score (nSPS) is 26.5. The van der Waals surface area contributed by atoms with Crippen molar-refractivity contribution >= 4 is 11.4 Å². The summed E-state index contributed by atoms with van der Waals surface area (Å²) in [4.78, 5) is 5.04. The Morgan fingerprint density at radius 1 is 0.750 bits per heavy atom. The summed E-state index contributed by atoms with van der Waals surface area (Å²) < 4.78 is 0. The van der Waals surface area contributed by atoms with E-state index in [1.54, 1.807) is 0 Å². The smallest absolute Gasteiger partial charge is 0.0368 e. The summed E-state index contributed by atoms with van der Waals surface area (Å²) >= 11 is 0. The van der Waals surface area contributed by atoms with Gasteiger partial charge in [0.1, 0.15) is 0 Å². The van der Waals surface area contributed by atoms with Gasteiger partial charge in [-0.05, 0) is 56.4 Å². The predicted octanol–water partition coefficient (Wildman–Crippen LogP) is 2.62. The third-order valence-electron chi connectivity index (χ3n) is 4.92. The van der Waals surface area contributed by atoms with E-state index in [1.807, 2.05) is 0 Å². The summed E-state index contributed by atoms with van der Waals surface area (Å²) in [7, 11) is 0. The minimum Gasteiger partial charge on any atom is -0.372 e. The molecule has 0 aromatic heterocycles. The first-order valence-electron chi connectivity index (χ1n) is 8.24. The van der Waals surface area contributed by atoms with Gasteiger partial charge in [-0.3, -0.25) is 0 Å². The van der Waals surface area contributed by atoms with E-state index < -0.39 is 0 Å². The maximum atomic E-state index is 3.76. The molecule has 1 aromatic rings. The highest BCUT2D eigenvalue weighted by Gasteiger charge is 2.29. The zero-order valence-corrected chi connectivity index (χ0v) is 12.2. The lowest BCUT2D eigenvalue weighted by molar-refractivity contribution is 0.548. The molecular formula is C17H25N3. The molecule has 1 N–H and O–H groups in total. The average Bonchev–Trinajstić information content (AvgIpc) is 2.96. The lowest BCUT2D eigenvalue weighted by Crippen LogP contribution is -2.33. The fourth-order valence-electron chi connectivity index (χ4n) is 3.56. The van der Waals surface area contributed by atoms with E-state index in [1.165, 1.54) is 69.7 Å². The van der Waals surface area contributed by atoms with Crippen molar-refractivity contribution in [3.05, 3.63) is 24.3 Å². The first-order valence-corrected chi connectivity index (χ1v) is 8.24. The Labute approximate surface area is 121 Å². The Morgan fingerprint density at radius 3 is 2.05 bits per heavy atom. The zero-order valence-electron chi connectivity index (χ0n) is 12.2. The quantitative estimate of drug-likeness (QED) is 0.908. The minimum absolute atomic E-state index is 0.709. The van der Waals surface area contributed by atoms with Crippen LogP contribution in [-0.2, 0) is 0 Å². The summed E-state index contributed by atoms with van der Waals surface area (Å²) in [6, 6.07) is 10.8. The number of anilines is 2. The monoisotopic (exact) mass is 271 g/mol. The van der Waals surface area contributed by atoms with Gasteiger partial charge in [0.25, 0.3) is 0 Å². The number of nitrogens with one attached hydrogen (secondary N) is 1. The van der Waals surface area contributed by atoms with Crippen LogP contribution in [0.3, 0.4) is 0 Å². The Morgan fingerprint density at radius 2 is 1.40 bits per heavy atom. The molecule has 2 saturated heterocycles. The van der Waals surface area contributed by atoms with Gasteiger partial charge in [-0.15, -0.1) is 0 Å². The molecule has 3 fully saturated rings. The van der Waals surface area contributed by atoms with Crippen LogP contribution in [0.5, 0.6) is 0 Å². The second-order valence-electron chi connectivity index (χ2n) is 6.58. The molecule has 0 amide bonds. The average molecular weight is 271 g/mol. The number of hydrogen-bond acceptors (Lipinski definition) is 3. The third kappa shape index (κ3) is 2.64. The van der Waals surface area contributed by atoms with Gasteiger partial charge in [0.05, 0.1) is 0 Å². The third-order valence-corrected chi connectivity index (χ3v) is 4.92. The number of benzene rings is 1. The molecule has 1 aromatic carbocycles. The molecule has 3 aliphatic rings. The van der Waals surface area contributed by atoms with Crippen LogP contribution >= 0.6 is 0 Å². The molecule has 3 nitrogen and oxygen atoms in total. The van der Waals surface area contributed by atoms with E-state index >= 15 is 0 Å². The minimum atomic E-state index is 0.709. The highest BCUT2D eigenvalue weighted by Crippen LogP contribution is 2.27. The van der Waals surface area contributed by atoms with Gasteiger partial charge >= 0.3 is 0 Å². The molecule has 3 heteroatoms. The Balaban J connectivity index is 1.38. The SMILES string of the molecule is c1cc(N2CCC(NC3CC3)C2)ccc1N1CCCC1. The molecule has 2 aliphatic heterocycles. The van der Waals surface area contributed by atoms with Gasteiger partial charge < -0.3 is 15.1 Å². The molecule has 2 heterocycles. The van der Waals surface area contributed by atoms with E-state index in [0.717, 1.165) is 6.04 Å². The maximum absolute atomic E-state index is 3.76. The molecule has 4 rings (SSSR count). The van der Waals surface area contributed by atoms with Gasteiger partial charge in [-0.25, -0.2) is 0 Å². The van der Waals surface area contributed by atoms with Crippen molar-refractivity contribution in [3.63, 3.8) is 0 Å². The topological polar surface area (TPSA) is 18.5 Å². The van der Waals surface area contributed by atoms with Crippen molar-refractivity contribution in [2.45, 2.75) is 44.2 Å². The molecule has 20 heavy (non-hydrogen) atoms. The summed E-state index contributed by atoms with van der Waals surface area (Å²) in [6.45, 7) is 4.85. The van der Waals surface area contributed by atoms with Crippen molar-refractivity contribution in [2.24, 2.45) is 0 Å². The van der Waals surface area contributed by atoms with E-state index in [-0.39, 0.29) is 0 Å². The lowest BCUT2D eigenvalue weighted by atomic mass is 10.2. The molecule has 1 aliphatic carbocycles. The molecule has 1 unspecified atom stereocenters. The van der Waals surface area contributed by atoms with Crippen LogP contribution in [0.1, 0.15) is 32.1 Å². The highest BCUT2D eigenvalue weighted by molar-refractivity contribution is 5.57. The van der Waals surface area contributed by atoms with E-state index in [2.05, 4.69) is 39.4 Å². The van der Waals surface area contributed by atoms with Crippen molar-refractivity contribution in [3.8, 4) is 0 Å². The molecule has 0 radical (unpaired) electrons. The molecule has 0 bridgehead atoms. The molecule has 1 atom stereocenters. The van der Waals surface area contributed by atoms with Crippen LogP contribution in [0.25, 0.3) is 0 Å². The largest absolute Gasteiger partial charge is 0.372 e. The van der Waals surface area contributed by atoms with Gasteiger partial charge in [0.15, 0.2) is 0 Å². The van der Waals surface area contributed by atoms with Crippen molar-refractivity contribution < 1.29 is 0 Å². The summed E-state index contributed by atoms with van der Waals surface area (Å²) in [5.74, 6) is 0. The summed E-state index contributed by atoms with van der Waals surface area (Å²) in [5.41, 5.74) is 2.80. The van der Waals surface area contributed by atoms with E-state index in [4.69, 9.17) is 0 Å². The number of rotatable bonds is 4. The van der Waals surface area contributed by atoms with Crippen LogP contribution in [0.4, 0.5) is 11.4 Å². The van der Waals surface area contributed by atoms with E-state index in [0.29, 0.717) is 6.04 Å². The lowest BCUT2D eigenvalue weighted by Gasteiger charge is -2.22. The van der Waals surface area contributed by atoms with Crippen molar-refractivity contribution in [2.75, 3.05) is 36.0 Å². The van der Waals surface area contributed by atoms with Gasteiger partial charge in [-0.1, -0.05) is 0 Å². The fraction of sp³-hybridized carbons (Fsp3) is 0.647. The standard InChI is InChI=1S/C17H25N3/c1-2-11-19(10-1)16-5-7-17(8-6-16)20-12-9-15(13-20)18-14-3-4-14/h5-8,14-15,18H,1-4,9-13H2. The van der Waals surface area contributed by atoms with Crippen LogP contribution in [-0.4, -0.2) is 38.3 Å². The number of nitrogens with zero attached hydrogens (tertiary/aromatic N) is 2. The van der Waals surface area contributed by atoms with Gasteiger partial charge in [-0.2, -0.15) is 0 Å². The van der Waals surface area contributed by atoms with Crippen LogP contribution < -0.4 is 15.1 Å². The maximum Gasteiger partial charge on any atom is 0.0368 e. The second kappa shape index (κ2) is 5.28. The summed E-state index contributed by atoms with van der Waals surface area (Å²) in [5, 5.41) is 3.76. The molecular weight excluding hydrogens is 246 g/mol. The predicted molar refractivity (Wildman–Crippen MR) is 84.7 cm³/mol. The molecule has 1 saturated carbocycles. The van der Waals surface area contributed by atoms with Gasteiger partial charge in [0.2, 0.25) is 0 Å². The highest BCUT2D eigenvalue weighted by atomic mass is 15.2. The zero-order chi connectivity index (χ0) is 13.4. The van der Waals surface area contributed by atoms with Crippen LogP contribution in [0.15, 0.2) is 24.3 Å². The molecule has 0 spiro atoms. The van der Waals surface area contributed by atoms with E-state index in [9.17, 15) is 0 Å². The second-order valence-corrected chi connectivity index (χ2v) is 6.58. The first kappa shape index (κ1) is 12.5. The molecule has 108 valence electrons. The number of hydrogen-bond donors (Lipinski definition) is 1. The van der Waals surface area contributed by atoms with Crippen LogP contribution in [0.2, 0.25) is 0 Å². The fourth-order valence-corrected chi connectivity index (χ4v) is 3.56. The van der Waals surface area contributed by atoms with Gasteiger partial charge in [0, 0.05) is 49.6 Å². The Kier molecular flexibility index (Phi) is 3.31.